The molecule has 88 valence electrons. The average Bonchev–Trinajstić information content (AvgIpc) is 2.30. The van der Waals surface area contributed by atoms with Crippen molar-refractivity contribution in [2.75, 3.05) is 19.7 Å². The van der Waals surface area contributed by atoms with Gasteiger partial charge in [0, 0.05) is 19.6 Å². The first kappa shape index (κ1) is 11.6. The summed E-state index contributed by atoms with van der Waals surface area (Å²) < 4.78 is 18.5. The summed E-state index contributed by atoms with van der Waals surface area (Å²) in [6, 6.07) is 10.3. The fourth-order valence-corrected chi connectivity index (χ4v) is 1.99. The Labute approximate surface area is 96.0 Å². The number of morpholine rings is 1. The van der Waals surface area contributed by atoms with Crippen molar-refractivity contribution in [3.8, 4) is 0 Å². The van der Waals surface area contributed by atoms with Crippen molar-refractivity contribution in [2.45, 2.75) is 25.7 Å². The number of hydrogen-bond donors (Lipinski definition) is 0. The highest BCUT2D eigenvalue weighted by atomic mass is 19.1. The molecule has 2 rings (SSSR count). The predicted molar refractivity (Wildman–Crippen MR) is 62.0 cm³/mol. The van der Waals surface area contributed by atoms with Crippen LogP contribution in [-0.2, 0) is 11.3 Å². The third-order valence-electron chi connectivity index (χ3n) is 2.94. The quantitative estimate of drug-likeness (QED) is 0.779. The van der Waals surface area contributed by atoms with E-state index in [0.29, 0.717) is 13.2 Å². The maximum atomic E-state index is 13.1. The minimum Gasteiger partial charge on any atom is -0.373 e. The summed E-state index contributed by atoms with van der Waals surface area (Å²) in [6.07, 6.45) is -1.16. The minimum atomic E-state index is -0.890. The van der Waals surface area contributed by atoms with Gasteiger partial charge in [-0.25, -0.2) is 4.39 Å². The molecule has 0 aromatic heterocycles. The van der Waals surface area contributed by atoms with Crippen LogP contribution in [-0.4, -0.2) is 36.9 Å². The Morgan fingerprint density at radius 1 is 1.44 bits per heavy atom. The number of ether oxygens (including phenoxy) is 1. The van der Waals surface area contributed by atoms with Gasteiger partial charge in [0.05, 0.1) is 6.61 Å². The number of benzene rings is 1. The van der Waals surface area contributed by atoms with E-state index in [-0.39, 0.29) is 6.10 Å². The van der Waals surface area contributed by atoms with Crippen LogP contribution in [0.5, 0.6) is 0 Å². The van der Waals surface area contributed by atoms with Crippen molar-refractivity contribution in [3.05, 3.63) is 35.9 Å². The van der Waals surface area contributed by atoms with Crippen LogP contribution in [0.15, 0.2) is 30.3 Å². The summed E-state index contributed by atoms with van der Waals surface area (Å²) in [6.45, 7) is 4.65. The smallest absolute Gasteiger partial charge is 0.125 e. The molecule has 1 aromatic rings. The summed E-state index contributed by atoms with van der Waals surface area (Å²) in [5, 5.41) is 0. The lowest BCUT2D eigenvalue weighted by molar-refractivity contribution is -0.0634. The molecule has 0 aliphatic carbocycles. The number of rotatable bonds is 3. The second-order valence-electron chi connectivity index (χ2n) is 4.31. The van der Waals surface area contributed by atoms with Gasteiger partial charge in [-0.15, -0.1) is 0 Å². The predicted octanol–water partition coefficient (Wildman–Crippen LogP) is 2.25. The molecule has 3 heteroatoms. The number of hydrogen-bond acceptors (Lipinski definition) is 2. The monoisotopic (exact) mass is 223 g/mol. The molecule has 1 fully saturated rings. The normalized spacial score (nSPS) is 24.2. The molecule has 2 unspecified atom stereocenters. The van der Waals surface area contributed by atoms with Crippen molar-refractivity contribution < 1.29 is 9.13 Å². The van der Waals surface area contributed by atoms with E-state index in [1.165, 1.54) is 5.56 Å². The molecule has 2 nitrogen and oxygen atoms in total. The SMILES string of the molecule is CC(F)C1CN(Cc2ccccc2)CCO1. The van der Waals surface area contributed by atoms with Gasteiger partial charge in [-0.3, -0.25) is 4.90 Å². The largest absolute Gasteiger partial charge is 0.373 e. The van der Waals surface area contributed by atoms with E-state index in [0.717, 1.165) is 13.1 Å². The molecular weight excluding hydrogens is 205 g/mol. The Morgan fingerprint density at radius 2 is 2.19 bits per heavy atom. The maximum Gasteiger partial charge on any atom is 0.125 e. The Morgan fingerprint density at radius 3 is 2.88 bits per heavy atom. The van der Waals surface area contributed by atoms with Crippen LogP contribution in [0.1, 0.15) is 12.5 Å². The van der Waals surface area contributed by atoms with Gasteiger partial charge in [0.25, 0.3) is 0 Å². The molecule has 1 saturated heterocycles. The summed E-state index contributed by atoms with van der Waals surface area (Å²) in [5.41, 5.74) is 1.27. The van der Waals surface area contributed by atoms with E-state index >= 15 is 0 Å². The zero-order valence-electron chi connectivity index (χ0n) is 9.60. The van der Waals surface area contributed by atoms with Gasteiger partial charge in [-0.2, -0.15) is 0 Å². The van der Waals surface area contributed by atoms with E-state index in [1.807, 2.05) is 18.2 Å². The number of nitrogens with zero attached hydrogens (tertiary/aromatic N) is 1. The summed E-state index contributed by atoms with van der Waals surface area (Å²) in [7, 11) is 0. The topological polar surface area (TPSA) is 12.5 Å². The molecule has 0 spiro atoms. The van der Waals surface area contributed by atoms with E-state index in [2.05, 4.69) is 17.0 Å². The fourth-order valence-electron chi connectivity index (χ4n) is 1.99. The molecule has 0 saturated carbocycles. The van der Waals surface area contributed by atoms with Gasteiger partial charge in [-0.1, -0.05) is 30.3 Å². The summed E-state index contributed by atoms with van der Waals surface area (Å²) in [5.74, 6) is 0. The minimum absolute atomic E-state index is 0.266. The maximum absolute atomic E-state index is 13.1. The highest BCUT2D eigenvalue weighted by Crippen LogP contribution is 2.13. The first-order valence-corrected chi connectivity index (χ1v) is 5.77. The molecule has 1 aromatic carbocycles. The fraction of sp³-hybridized carbons (Fsp3) is 0.538. The zero-order valence-corrected chi connectivity index (χ0v) is 9.60. The Bertz CT molecular complexity index is 315. The Balaban J connectivity index is 1.90. The standard InChI is InChI=1S/C13H18FNO/c1-11(14)13-10-15(7-8-16-13)9-12-5-3-2-4-6-12/h2-6,11,13H,7-10H2,1H3. The van der Waals surface area contributed by atoms with Crippen LogP contribution in [0, 0.1) is 0 Å². The van der Waals surface area contributed by atoms with Crippen molar-refractivity contribution in [3.63, 3.8) is 0 Å². The van der Waals surface area contributed by atoms with Crippen molar-refractivity contribution in [2.24, 2.45) is 0 Å². The molecule has 16 heavy (non-hydrogen) atoms. The first-order chi connectivity index (χ1) is 7.75. The second-order valence-corrected chi connectivity index (χ2v) is 4.31. The molecule has 0 radical (unpaired) electrons. The average molecular weight is 223 g/mol. The molecule has 0 N–H and O–H groups in total. The molecule has 1 aliphatic rings. The van der Waals surface area contributed by atoms with E-state index in [1.54, 1.807) is 6.92 Å². The molecule has 0 amide bonds. The second kappa shape index (κ2) is 5.41. The highest BCUT2D eigenvalue weighted by Gasteiger charge is 2.24. The lowest BCUT2D eigenvalue weighted by Crippen LogP contribution is -2.45. The van der Waals surface area contributed by atoms with Crippen LogP contribution in [0.4, 0.5) is 4.39 Å². The van der Waals surface area contributed by atoms with Crippen LogP contribution < -0.4 is 0 Å². The van der Waals surface area contributed by atoms with Gasteiger partial charge >= 0.3 is 0 Å². The first-order valence-electron chi connectivity index (χ1n) is 5.77. The Hall–Kier alpha value is -0.930. The third-order valence-corrected chi connectivity index (χ3v) is 2.94. The van der Waals surface area contributed by atoms with Gasteiger partial charge in [0.15, 0.2) is 0 Å². The Kier molecular flexibility index (Phi) is 3.91. The lowest BCUT2D eigenvalue weighted by atomic mass is 10.1. The van der Waals surface area contributed by atoms with Crippen molar-refractivity contribution in [1.82, 2.24) is 4.90 Å². The number of alkyl halides is 1. The summed E-state index contributed by atoms with van der Waals surface area (Å²) >= 11 is 0. The van der Waals surface area contributed by atoms with Crippen LogP contribution in [0.2, 0.25) is 0 Å². The van der Waals surface area contributed by atoms with E-state index in [9.17, 15) is 4.39 Å². The molecule has 2 atom stereocenters. The van der Waals surface area contributed by atoms with Gasteiger partial charge in [0.2, 0.25) is 0 Å². The highest BCUT2D eigenvalue weighted by molar-refractivity contribution is 5.14. The zero-order chi connectivity index (χ0) is 11.4. The summed E-state index contributed by atoms with van der Waals surface area (Å²) in [4.78, 5) is 2.25. The molecule has 0 bridgehead atoms. The van der Waals surface area contributed by atoms with Crippen molar-refractivity contribution in [1.29, 1.82) is 0 Å². The van der Waals surface area contributed by atoms with Crippen LogP contribution >= 0.6 is 0 Å². The van der Waals surface area contributed by atoms with Crippen molar-refractivity contribution >= 4 is 0 Å². The molecule has 1 aliphatic heterocycles. The van der Waals surface area contributed by atoms with Crippen LogP contribution in [0.3, 0.4) is 0 Å². The lowest BCUT2D eigenvalue weighted by Gasteiger charge is -2.33. The van der Waals surface area contributed by atoms with E-state index in [4.69, 9.17) is 4.74 Å². The van der Waals surface area contributed by atoms with Crippen LogP contribution in [0.25, 0.3) is 0 Å². The molecular formula is C13H18FNO. The van der Waals surface area contributed by atoms with Gasteiger partial charge < -0.3 is 4.74 Å². The third kappa shape index (κ3) is 3.03. The van der Waals surface area contributed by atoms with Gasteiger partial charge in [0.1, 0.15) is 12.3 Å². The number of halogens is 1. The van der Waals surface area contributed by atoms with Gasteiger partial charge in [-0.05, 0) is 12.5 Å². The van der Waals surface area contributed by atoms with E-state index < -0.39 is 6.17 Å². The molecule has 1 heterocycles.